The van der Waals surface area contributed by atoms with Crippen LogP contribution in [0.3, 0.4) is 0 Å². The van der Waals surface area contributed by atoms with Gasteiger partial charge in [-0.15, -0.1) is 0 Å². The number of nitrogens with zero attached hydrogens (tertiary/aromatic N) is 2. The monoisotopic (exact) mass is 420 g/mol. The summed E-state index contributed by atoms with van der Waals surface area (Å²) in [6.45, 7) is 6.56. The molecule has 0 amide bonds. The smallest absolute Gasteiger partial charge is 0.373 e. The van der Waals surface area contributed by atoms with E-state index in [0.29, 0.717) is 33.4 Å². The summed E-state index contributed by atoms with van der Waals surface area (Å²) in [6.07, 6.45) is 0. The Morgan fingerprint density at radius 2 is 2.04 bits per heavy atom. The highest BCUT2D eigenvalue weighted by Crippen LogP contribution is 2.35. The Hall–Kier alpha value is -2.25. The van der Waals surface area contributed by atoms with Crippen LogP contribution in [0.25, 0.3) is 10.9 Å². The van der Waals surface area contributed by atoms with E-state index in [2.05, 4.69) is 9.72 Å². The Morgan fingerprint density at radius 3 is 2.71 bits per heavy atom. The molecule has 0 N–H and O–H groups in total. The van der Waals surface area contributed by atoms with E-state index < -0.39 is 5.97 Å². The van der Waals surface area contributed by atoms with E-state index in [4.69, 9.17) is 16.0 Å². The van der Waals surface area contributed by atoms with E-state index >= 15 is 0 Å². The number of fused-ring (bicyclic) bond motifs is 1. The second kappa shape index (κ2) is 8.41. The van der Waals surface area contributed by atoms with E-state index in [1.54, 1.807) is 34.9 Å². The van der Waals surface area contributed by atoms with Crippen LogP contribution in [0.2, 0.25) is 5.02 Å². The lowest BCUT2D eigenvalue weighted by Gasteiger charge is -2.17. The zero-order valence-electron chi connectivity index (χ0n) is 16.1. The van der Waals surface area contributed by atoms with Crippen LogP contribution < -0.4 is 5.56 Å². The molecule has 6 nitrogen and oxygen atoms in total. The van der Waals surface area contributed by atoms with Gasteiger partial charge in [-0.1, -0.05) is 37.2 Å². The minimum Gasteiger partial charge on any atom is -0.463 e. The summed E-state index contributed by atoms with van der Waals surface area (Å²) in [5, 5.41) is 1.43. The molecule has 8 heteroatoms. The van der Waals surface area contributed by atoms with Crippen LogP contribution in [-0.4, -0.2) is 22.6 Å². The maximum absolute atomic E-state index is 13.1. The van der Waals surface area contributed by atoms with Crippen LogP contribution in [0.5, 0.6) is 0 Å². The molecule has 1 unspecified atom stereocenters. The molecule has 1 atom stereocenters. The molecule has 148 valence electrons. The number of furan rings is 1. The number of carbonyl (C=O) groups excluding carboxylic acids is 1. The number of carbonyl (C=O) groups is 1. The summed E-state index contributed by atoms with van der Waals surface area (Å²) in [6, 6.07) is 8.42. The first kappa shape index (κ1) is 20.5. The fourth-order valence-electron chi connectivity index (χ4n) is 2.79. The van der Waals surface area contributed by atoms with Crippen molar-refractivity contribution in [3.05, 3.63) is 57.2 Å². The lowest BCUT2D eigenvalue weighted by atomic mass is 10.2. The minimum absolute atomic E-state index is 0.120. The molecule has 1 aromatic carbocycles. The summed E-state index contributed by atoms with van der Waals surface area (Å²) in [5.74, 6) is 0.485. The number of hydrogen-bond donors (Lipinski definition) is 0. The van der Waals surface area contributed by atoms with Crippen molar-refractivity contribution in [3.8, 4) is 0 Å². The first-order valence-electron chi connectivity index (χ1n) is 8.85. The summed E-state index contributed by atoms with van der Waals surface area (Å²) in [5.41, 5.74) is 0.476. The lowest BCUT2D eigenvalue weighted by molar-refractivity contribution is 0.0563. The Bertz CT molecular complexity index is 1070. The van der Waals surface area contributed by atoms with Crippen molar-refractivity contribution in [3.63, 3.8) is 0 Å². The quantitative estimate of drug-likeness (QED) is 0.319. The topological polar surface area (TPSA) is 74.3 Å². The SMILES string of the molecule is COC(=O)c1ccc(C(C)Sc2nc3ccc(Cl)cc3c(=O)n2CC(C)C)o1. The average molecular weight is 421 g/mol. The molecule has 2 heterocycles. The van der Waals surface area contributed by atoms with Gasteiger partial charge in [0.15, 0.2) is 5.16 Å². The van der Waals surface area contributed by atoms with Gasteiger partial charge in [0.05, 0.1) is 23.3 Å². The number of methoxy groups -OCH3 is 1. The van der Waals surface area contributed by atoms with E-state index in [1.807, 2.05) is 20.8 Å². The van der Waals surface area contributed by atoms with Gasteiger partial charge in [-0.3, -0.25) is 9.36 Å². The van der Waals surface area contributed by atoms with Crippen LogP contribution in [0, 0.1) is 5.92 Å². The predicted octanol–water partition coefficient (Wildman–Crippen LogP) is 4.94. The summed E-state index contributed by atoms with van der Waals surface area (Å²) in [4.78, 5) is 29.4. The van der Waals surface area contributed by atoms with Gasteiger partial charge < -0.3 is 9.15 Å². The average Bonchev–Trinajstić information content (AvgIpc) is 3.15. The summed E-state index contributed by atoms with van der Waals surface area (Å²) >= 11 is 7.47. The molecular weight excluding hydrogens is 400 g/mol. The van der Waals surface area contributed by atoms with Crippen molar-refractivity contribution in [2.45, 2.75) is 37.7 Å². The predicted molar refractivity (Wildman–Crippen MR) is 110 cm³/mol. The molecular formula is C20H21ClN2O4S. The molecule has 0 aliphatic rings. The third kappa shape index (κ3) is 4.25. The Labute approximate surface area is 171 Å². The van der Waals surface area contributed by atoms with Crippen LogP contribution in [-0.2, 0) is 11.3 Å². The molecule has 0 saturated heterocycles. The zero-order chi connectivity index (χ0) is 20.4. The molecule has 28 heavy (non-hydrogen) atoms. The first-order valence-corrected chi connectivity index (χ1v) is 10.1. The maximum Gasteiger partial charge on any atom is 0.373 e. The number of ether oxygens (including phenoxy) is 1. The van der Waals surface area contributed by atoms with Crippen LogP contribution >= 0.6 is 23.4 Å². The Morgan fingerprint density at radius 1 is 1.29 bits per heavy atom. The molecule has 0 radical (unpaired) electrons. The van der Waals surface area contributed by atoms with Crippen molar-refractivity contribution in [2.24, 2.45) is 5.92 Å². The van der Waals surface area contributed by atoms with Gasteiger partial charge in [-0.25, -0.2) is 9.78 Å². The minimum atomic E-state index is -0.527. The maximum atomic E-state index is 13.1. The molecule has 3 rings (SSSR count). The van der Waals surface area contributed by atoms with Crippen molar-refractivity contribution >= 4 is 40.2 Å². The highest BCUT2D eigenvalue weighted by atomic mass is 35.5. The van der Waals surface area contributed by atoms with E-state index in [9.17, 15) is 9.59 Å². The van der Waals surface area contributed by atoms with Crippen LogP contribution in [0.15, 0.2) is 44.7 Å². The largest absolute Gasteiger partial charge is 0.463 e. The van der Waals surface area contributed by atoms with Gasteiger partial charge in [-0.05, 0) is 43.2 Å². The molecule has 0 aliphatic heterocycles. The number of aromatic nitrogens is 2. The van der Waals surface area contributed by atoms with Gasteiger partial charge >= 0.3 is 5.97 Å². The van der Waals surface area contributed by atoms with Crippen molar-refractivity contribution in [2.75, 3.05) is 7.11 Å². The molecule has 0 spiro atoms. The second-order valence-electron chi connectivity index (χ2n) is 6.82. The van der Waals surface area contributed by atoms with E-state index in [-0.39, 0.29) is 22.5 Å². The standard InChI is InChI=1S/C20H21ClN2O4S/c1-11(2)10-23-18(24)14-9-13(21)5-6-15(14)22-20(23)28-12(3)16-7-8-17(27-16)19(25)26-4/h5-9,11-12H,10H2,1-4H3. The summed E-state index contributed by atoms with van der Waals surface area (Å²) in [7, 11) is 1.30. The van der Waals surface area contributed by atoms with Gasteiger partial charge in [0.25, 0.3) is 5.56 Å². The number of halogens is 1. The van der Waals surface area contributed by atoms with Gasteiger partial charge in [0.2, 0.25) is 5.76 Å². The lowest BCUT2D eigenvalue weighted by Crippen LogP contribution is -2.25. The fourth-order valence-corrected chi connectivity index (χ4v) is 3.95. The number of thioether (sulfide) groups is 1. The molecule has 3 aromatic rings. The third-order valence-electron chi connectivity index (χ3n) is 4.13. The van der Waals surface area contributed by atoms with Crippen molar-refractivity contribution in [1.29, 1.82) is 0 Å². The molecule has 0 aliphatic carbocycles. The van der Waals surface area contributed by atoms with Crippen molar-refractivity contribution in [1.82, 2.24) is 9.55 Å². The second-order valence-corrected chi connectivity index (χ2v) is 8.56. The number of esters is 1. The zero-order valence-corrected chi connectivity index (χ0v) is 17.6. The summed E-state index contributed by atoms with van der Waals surface area (Å²) < 4.78 is 11.9. The number of benzene rings is 1. The Balaban J connectivity index is 2.01. The van der Waals surface area contributed by atoms with Crippen LogP contribution in [0.1, 0.15) is 42.3 Å². The molecule has 2 aromatic heterocycles. The normalized spacial score (nSPS) is 12.5. The Kier molecular flexibility index (Phi) is 6.15. The van der Waals surface area contributed by atoms with E-state index in [0.717, 1.165) is 0 Å². The molecule has 0 fully saturated rings. The van der Waals surface area contributed by atoms with Crippen LogP contribution in [0.4, 0.5) is 0 Å². The number of hydrogen-bond acceptors (Lipinski definition) is 6. The van der Waals surface area contributed by atoms with E-state index in [1.165, 1.54) is 18.9 Å². The fraction of sp³-hybridized carbons (Fsp3) is 0.350. The van der Waals surface area contributed by atoms with Gasteiger partial charge in [0.1, 0.15) is 5.76 Å². The molecule has 0 bridgehead atoms. The highest BCUT2D eigenvalue weighted by Gasteiger charge is 2.20. The van der Waals surface area contributed by atoms with Gasteiger partial charge in [-0.2, -0.15) is 0 Å². The first-order chi connectivity index (χ1) is 13.3. The van der Waals surface area contributed by atoms with Crippen molar-refractivity contribution < 1.29 is 13.9 Å². The number of rotatable bonds is 6. The molecule has 0 saturated carbocycles. The third-order valence-corrected chi connectivity index (χ3v) is 5.47. The highest BCUT2D eigenvalue weighted by molar-refractivity contribution is 7.99. The van der Waals surface area contributed by atoms with Gasteiger partial charge in [0, 0.05) is 11.6 Å².